The molecule has 0 saturated carbocycles. The van der Waals surface area contributed by atoms with Crippen molar-refractivity contribution in [2.24, 2.45) is 0 Å². The van der Waals surface area contributed by atoms with Crippen molar-refractivity contribution < 1.29 is 0 Å². The summed E-state index contributed by atoms with van der Waals surface area (Å²) < 4.78 is 0. The Labute approximate surface area is 269 Å². The molecule has 0 bridgehead atoms. The molecule has 0 unspecified atom stereocenters. The zero-order chi connectivity index (χ0) is 32.5. The van der Waals surface area contributed by atoms with E-state index in [0.29, 0.717) is 5.56 Å². The molecule has 0 atom stereocenters. The van der Waals surface area contributed by atoms with Crippen molar-refractivity contribution in [3.05, 3.63) is 142 Å². The third-order valence-corrected chi connectivity index (χ3v) is 8.20. The fourth-order valence-corrected chi connectivity index (χ4v) is 6.03. The first kappa shape index (κ1) is 36.3. The van der Waals surface area contributed by atoms with Gasteiger partial charge >= 0.3 is 0 Å². The van der Waals surface area contributed by atoms with Crippen molar-refractivity contribution in [2.45, 2.75) is 106 Å². The van der Waals surface area contributed by atoms with Gasteiger partial charge in [-0.15, -0.1) is 6.58 Å². The molecule has 4 aromatic rings. The van der Waals surface area contributed by atoms with Crippen LogP contribution in [-0.2, 0) is 11.8 Å². The number of hydrogen-bond acceptors (Lipinski definition) is 1. The lowest BCUT2D eigenvalue weighted by Gasteiger charge is -2.35. The Balaban J connectivity index is 0.000000302. The molecule has 1 heteroatoms. The topological polar surface area (TPSA) is 23.8 Å². The number of rotatable bonds is 10. The van der Waals surface area contributed by atoms with Gasteiger partial charge in [-0.1, -0.05) is 140 Å². The van der Waals surface area contributed by atoms with E-state index in [1.165, 1.54) is 76.6 Å². The molecule has 0 aliphatic carbocycles. The van der Waals surface area contributed by atoms with E-state index >= 15 is 0 Å². The van der Waals surface area contributed by atoms with Crippen LogP contribution < -0.4 is 0 Å². The van der Waals surface area contributed by atoms with Gasteiger partial charge in [0.15, 0.2) is 0 Å². The molecule has 1 nitrogen and oxygen atoms in total. The third-order valence-electron chi connectivity index (χ3n) is 8.20. The van der Waals surface area contributed by atoms with Gasteiger partial charge in [-0.2, -0.15) is 5.26 Å². The second-order valence-electron chi connectivity index (χ2n) is 12.5. The van der Waals surface area contributed by atoms with Gasteiger partial charge in [0.2, 0.25) is 0 Å². The molecule has 232 valence electrons. The van der Waals surface area contributed by atoms with Gasteiger partial charge in [0.25, 0.3) is 0 Å². The van der Waals surface area contributed by atoms with Gasteiger partial charge in [-0.3, -0.25) is 0 Å². The Morgan fingerprint density at radius 3 is 1.66 bits per heavy atom. The summed E-state index contributed by atoms with van der Waals surface area (Å²) in [4.78, 5) is 0. The highest BCUT2D eigenvalue weighted by Gasteiger charge is 2.30. The minimum absolute atomic E-state index is 0.246. The quantitative estimate of drug-likeness (QED) is 0.170. The molecule has 44 heavy (non-hydrogen) atoms. The number of aryl methyl sites for hydroxylation is 5. The molecule has 4 aromatic carbocycles. The first-order valence-electron chi connectivity index (χ1n) is 16.4. The average Bonchev–Trinajstić information content (AvgIpc) is 3.00. The minimum Gasteiger partial charge on any atom is -0.192 e. The van der Waals surface area contributed by atoms with E-state index in [4.69, 9.17) is 5.26 Å². The van der Waals surface area contributed by atoms with Crippen LogP contribution in [0.1, 0.15) is 105 Å². The summed E-state index contributed by atoms with van der Waals surface area (Å²) in [5.41, 5.74) is 12.8. The van der Waals surface area contributed by atoms with Gasteiger partial charge in [0, 0.05) is 0 Å². The number of nitrogens with zero attached hydrogens (tertiary/aromatic N) is 1. The van der Waals surface area contributed by atoms with Crippen LogP contribution in [0, 0.1) is 39.0 Å². The monoisotopic (exact) mass is 585 g/mol. The minimum atomic E-state index is 0.246. The Kier molecular flexibility index (Phi) is 15.4. The average molecular weight is 586 g/mol. The van der Waals surface area contributed by atoms with Crippen molar-refractivity contribution in [1.29, 1.82) is 5.26 Å². The highest BCUT2D eigenvalue weighted by atomic mass is 14.3. The van der Waals surface area contributed by atoms with Crippen LogP contribution in [0.5, 0.6) is 0 Å². The van der Waals surface area contributed by atoms with E-state index in [1.54, 1.807) is 0 Å². The molecular weight excluding hydrogens is 530 g/mol. The van der Waals surface area contributed by atoms with E-state index in [2.05, 4.69) is 141 Å². The SMILES string of the molecule is C=C(C)CCC(CCC)(CCC)c1ccc(-c2cccc(C#N)c2)cc1.CCc1ccc(C)cc1.Cc1cc(C)cc(C)c1. The van der Waals surface area contributed by atoms with E-state index < -0.39 is 0 Å². The van der Waals surface area contributed by atoms with Crippen molar-refractivity contribution in [3.63, 3.8) is 0 Å². The van der Waals surface area contributed by atoms with Gasteiger partial charge in [0.1, 0.15) is 0 Å². The fourth-order valence-electron chi connectivity index (χ4n) is 6.03. The van der Waals surface area contributed by atoms with Gasteiger partial charge < -0.3 is 0 Å². The zero-order valence-electron chi connectivity index (χ0n) is 28.8. The molecule has 4 rings (SSSR count). The first-order valence-corrected chi connectivity index (χ1v) is 16.4. The van der Waals surface area contributed by atoms with E-state index in [-0.39, 0.29) is 5.41 Å². The maximum absolute atomic E-state index is 9.12. The molecule has 0 aromatic heterocycles. The van der Waals surface area contributed by atoms with Crippen LogP contribution in [0.25, 0.3) is 11.1 Å². The Morgan fingerprint density at radius 2 is 1.20 bits per heavy atom. The predicted molar refractivity (Wildman–Crippen MR) is 193 cm³/mol. The molecule has 0 saturated heterocycles. The van der Waals surface area contributed by atoms with Crippen molar-refractivity contribution in [2.75, 3.05) is 0 Å². The summed E-state index contributed by atoms with van der Waals surface area (Å²) in [5, 5.41) is 9.12. The number of nitriles is 1. The molecular formula is C43H55N. The van der Waals surface area contributed by atoms with Crippen LogP contribution in [0.2, 0.25) is 0 Å². The van der Waals surface area contributed by atoms with Crippen LogP contribution >= 0.6 is 0 Å². The van der Waals surface area contributed by atoms with Crippen LogP contribution in [0.15, 0.2) is 103 Å². The highest BCUT2D eigenvalue weighted by molar-refractivity contribution is 5.65. The van der Waals surface area contributed by atoms with Gasteiger partial charge in [0.05, 0.1) is 11.6 Å². The number of benzene rings is 4. The standard InChI is InChI=1S/C25H31N.2C9H12/c1-5-15-25(16-6-2,17-14-20(3)4)24-12-10-22(11-13-24)23-9-7-8-21(18-23)19-26;1-7-4-8(2)6-9(3)5-7;1-3-9-6-4-8(2)5-7-9/h7-13,18H,3,5-6,14-17H2,1-2,4H3;4-6H,1-3H3;4-7H,3H2,1-2H3. The predicted octanol–water partition coefficient (Wildman–Crippen LogP) is 12.6. The number of hydrogen-bond donors (Lipinski definition) is 0. The smallest absolute Gasteiger partial charge is 0.0991 e. The first-order chi connectivity index (χ1) is 21.0. The molecule has 0 heterocycles. The van der Waals surface area contributed by atoms with Crippen molar-refractivity contribution >= 4 is 0 Å². The molecule has 0 aliphatic rings. The van der Waals surface area contributed by atoms with E-state index in [9.17, 15) is 0 Å². The Bertz CT molecular complexity index is 1410. The highest BCUT2D eigenvalue weighted by Crippen LogP contribution is 2.40. The lowest BCUT2D eigenvalue weighted by molar-refractivity contribution is 0.330. The lowest BCUT2D eigenvalue weighted by Crippen LogP contribution is -2.26. The van der Waals surface area contributed by atoms with Crippen LogP contribution in [-0.4, -0.2) is 0 Å². The molecule has 0 N–H and O–H groups in total. The summed E-state index contributed by atoms with van der Waals surface area (Å²) in [6, 6.07) is 34.3. The molecule has 0 amide bonds. The van der Waals surface area contributed by atoms with Crippen LogP contribution in [0.4, 0.5) is 0 Å². The summed E-state index contributed by atoms with van der Waals surface area (Å²) in [6.45, 7) is 21.5. The van der Waals surface area contributed by atoms with Crippen molar-refractivity contribution in [1.82, 2.24) is 0 Å². The van der Waals surface area contributed by atoms with Crippen molar-refractivity contribution in [3.8, 4) is 17.2 Å². The van der Waals surface area contributed by atoms with Crippen LogP contribution in [0.3, 0.4) is 0 Å². The van der Waals surface area contributed by atoms with Gasteiger partial charge in [-0.05, 0) is 107 Å². The second kappa shape index (κ2) is 18.7. The molecule has 0 radical (unpaired) electrons. The largest absolute Gasteiger partial charge is 0.192 e. The summed E-state index contributed by atoms with van der Waals surface area (Å²) in [6.07, 6.45) is 8.23. The zero-order valence-corrected chi connectivity index (χ0v) is 28.8. The summed E-state index contributed by atoms with van der Waals surface area (Å²) in [7, 11) is 0. The fraction of sp³-hybridized carbons (Fsp3) is 0.372. The van der Waals surface area contributed by atoms with Gasteiger partial charge in [-0.25, -0.2) is 0 Å². The molecule has 0 spiro atoms. The maximum atomic E-state index is 9.12. The molecule has 0 fully saturated rings. The maximum Gasteiger partial charge on any atom is 0.0991 e. The summed E-state index contributed by atoms with van der Waals surface area (Å²) in [5.74, 6) is 0. The Morgan fingerprint density at radius 1 is 0.659 bits per heavy atom. The Hall–Kier alpha value is -3.89. The normalized spacial score (nSPS) is 10.5. The van der Waals surface area contributed by atoms with E-state index in [1.807, 2.05) is 18.2 Å². The second-order valence-corrected chi connectivity index (χ2v) is 12.5. The summed E-state index contributed by atoms with van der Waals surface area (Å²) >= 11 is 0. The number of allylic oxidation sites excluding steroid dienone is 1. The van der Waals surface area contributed by atoms with E-state index in [0.717, 1.165) is 18.4 Å². The third kappa shape index (κ3) is 12.0. The lowest BCUT2D eigenvalue weighted by atomic mass is 9.70. The molecule has 0 aliphatic heterocycles.